The van der Waals surface area contributed by atoms with Crippen molar-refractivity contribution in [2.45, 2.75) is 44.2 Å². The molecule has 1 aliphatic rings. The van der Waals surface area contributed by atoms with Crippen LogP contribution in [0.1, 0.15) is 36.8 Å². The molecule has 2 aromatic carbocycles. The lowest BCUT2D eigenvalue weighted by Gasteiger charge is -2.38. The first-order chi connectivity index (χ1) is 11.3. The van der Waals surface area contributed by atoms with Gasteiger partial charge in [0.25, 0.3) is 0 Å². The van der Waals surface area contributed by atoms with Crippen molar-refractivity contribution in [1.29, 1.82) is 0 Å². The van der Waals surface area contributed by atoms with Crippen molar-refractivity contribution >= 4 is 6.08 Å². The van der Waals surface area contributed by atoms with Gasteiger partial charge < -0.3 is 0 Å². The lowest BCUT2D eigenvalue weighted by molar-refractivity contribution is 0.136. The first kappa shape index (κ1) is 16.0. The molecule has 0 N–H and O–H groups in total. The zero-order valence-corrected chi connectivity index (χ0v) is 14.1. The van der Waals surface area contributed by atoms with Crippen molar-refractivity contribution in [2.75, 3.05) is 7.05 Å². The standard InChI is InChI=1S/C22H27N/c1-23-21(17-15-19-9-4-2-5-10-19)13-8-14-22(23)18-16-20-11-6-3-7-12-20/h2-7,9-12,15,17,21-22H,8,13-14,16,18H2,1H3/b17-15+/t21-,22+/m0/s1. The van der Waals surface area contributed by atoms with Gasteiger partial charge in [-0.3, -0.25) is 4.90 Å². The van der Waals surface area contributed by atoms with Gasteiger partial charge in [0.2, 0.25) is 0 Å². The van der Waals surface area contributed by atoms with E-state index in [0.29, 0.717) is 12.1 Å². The molecule has 0 unspecified atom stereocenters. The van der Waals surface area contributed by atoms with Crippen LogP contribution >= 0.6 is 0 Å². The van der Waals surface area contributed by atoms with Crippen LogP contribution in [-0.2, 0) is 6.42 Å². The van der Waals surface area contributed by atoms with E-state index in [2.05, 4.69) is 84.8 Å². The molecular weight excluding hydrogens is 278 g/mol. The van der Waals surface area contributed by atoms with Crippen molar-refractivity contribution in [1.82, 2.24) is 4.90 Å². The number of piperidine rings is 1. The Balaban J connectivity index is 1.57. The van der Waals surface area contributed by atoms with Gasteiger partial charge in [0.05, 0.1) is 0 Å². The van der Waals surface area contributed by atoms with Crippen LogP contribution in [0.25, 0.3) is 6.08 Å². The van der Waals surface area contributed by atoms with Crippen LogP contribution in [0, 0.1) is 0 Å². The van der Waals surface area contributed by atoms with Crippen molar-refractivity contribution in [2.24, 2.45) is 0 Å². The van der Waals surface area contributed by atoms with Gasteiger partial charge >= 0.3 is 0 Å². The van der Waals surface area contributed by atoms with Gasteiger partial charge in [-0.05, 0) is 43.9 Å². The molecule has 0 aliphatic carbocycles. The molecule has 1 aliphatic heterocycles. The average molecular weight is 305 g/mol. The Hall–Kier alpha value is -1.86. The summed E-state index contributed by atoms with van der Waals surface area (Å²) in [5.74, 6) is 0. The van der Waals surface area contributed by atoms with Crippen LogP contribution in [0.15, 0.2) is 66.7 Å². The Labute approximate surface area is 140 Å². The minimum Gasteiger partial charge on any atom is -0.297 e. The molecule has 1 fully saturated rings. The zero-order chi connectivity index (χ0) is 15.9. The van der Waals surface area contributed by atoms with Crippen LogP contribution < -0.4 is 0 Å². The Bertz CT molecular complexity index is 602. The van der Waals surface area contributed by atoms with Crippen molar-refractivity contribution in [3.05, 3.63) is 77.9 Å². The second kappa shape index (κ2) is 8.12. The summed E-state index contributed by atoms with van der Waals surface area (Å²) in [4.78, 5) is 2.59. The van der Waals surface area contributed by atoms with Crippen LogP contribution in [0.5, 0.6) is 0 Å². The smallest absolute Gasteiger partial charge is 0.0281 e. The number of hydrogen-bond acceptors (Lipinski definition) is 1. The minimum absolute atomic E-state index is 0.574. The molecule has 1 heteroatoms. The predicted octanol–water partition coefficient (Wildman–Crippen LogP) is 5.19. The Morgan fingerprint density at radius 2 is 1.65 bits per heavy atom. The maximum atomic E-state index is 2.59. The summed E-state index contributed by atoms with van der Waals surface area (Å²) in [6, 6.07) is 22.8. The zero-order valence-electron chi connectivity index (χ0n) is 14.1. The molecule has 3 rings (SSSR count). The highest BCUT2D eigenvalue weighted by Crippen LogP contribution is 2.25. The highest BCUT2D eigenvalue weighted by atomic mass is 15.2. The topological polar surface area (TPSA) is 3.24 Å². The molecule has 0 aromatic heterocycles. The highest BCUT2D eigenvalue weighted by molar-refractivity contribution is 5.49. The lowest BCUT2D eigenvalue weighted by atomic mass is 9.91. The second-order valence-corrected chi connectivity index (χ2v) is 6.61. The van der Waals surface area contributed by atoms with Crippen LogP contribution in [0.4, 0.5) is 0 Å². The third kappa shape index (κ3) is 4.56. The predicted molar refractivity (Wildman–Crippen MR) is 99.4 cm³/mol. The highest BCUT2D eigenvalue weighted by Gasteiger charge is 2.25. The molecule has 0 spiro atoms. The summed E-state index contributed by atoms with van der Waals surface area (Å²) in [7, 11) is 2.30. The molecule has 0 amide bonds. The minimum atomic E-state index is 0.574. The van der Waals surface area contributed by atoms with Gasteiger partial charge in [0, 0.05) is 12.1 Å². The molecule has 23 heavy (non-hydrogen) atoms. The molecule has 1 nitrogen and oxygen atoms in total. The number of benzene rings is 2. The van der Waals surface area contributed by atoms with E-state index in [1.54, 1.807) is 0 Å². The van der Waals surface area contributed by atoms with Crippen LogP contribution in [-0.4, -0.2) is 24.0 Å². The summed E-state index contributed by atoms with van der Waals surface area (Å²) < 4.78 is 0. The number of nitrogens with zero attached hydrogens (tertiary/aromatic N) is 1. The fourth-order valence-corrected chi connectivity index (χ4v) is 3.58. The van der Waals surface area contributed by atoms with Gasteiger partial charge in [-0.15, -0.1) is 0 Å². The third-order valence-electron chi connectivity index (χ3n) is 5.06. The van der Waals surface area contributed by atoms with Gasteiger partial charge in [0.15, 0.2) is 0 Å². The maximum absolute atomic E-state index is 2.59. The fourth-order valence-electron chi connectivity index (χ4n) is 3.58. The van der Waals surface area contributed by atoms with Gasteiger partial charge in [0.1, 0.15) is 0 Å². The van der Waals surface area contributed by atoms with E-state index in [1.807, 2.05) is 0 Å². The number of likely N-dealkylation sites (N-methyl/N-ethyl adjacent to an activating group) is 1. The average Bonchev–Trinajstić information content (AvgIpc) is 2.61. The summed E-state index contributed by atoms with van der Waals surface area (Å²) in [6.45, 7) is 0. The maximum Gasteiger partial charge on any atom is 0.0281 e. The second-order valence-electron chi connectivity index (χ2n) is 6.61. The molecule has 0 bridgehead atoms. The van der Waals surface area contributed by atoms with Crippen LogP contribution in [0.2, 0.25) is 0 Å². The van der Waals surface area contributed by atoms with E-state index in [4.69, 9.17) is 0 Å². The van der Waals surface area contributed by atoms with Gasteiger partial charge in [-0.2, -0.15) is 0 Å². The molecule has 1 saturated heterocycles. The quantitative estimate of drug-likeness (QED) is 0.735. The van der Waals surface area contributed by atoms with Crippen molar-refractivity contribution < 1.29 is 0 Å². The van der Waals surface area contributed by atoms with Gasteiger partial charge in [-0.1, -0.05) is 79.2 Å². The molecule has 120 valence electrons. The van der Waals surface area contributed by atoms with E-state index in [0.717, 1.165) is 0 Å². The number of likely N-dealkylation sites (tertiary alicyclic amines) is 1. The molecule has 0 radical (unpaired) electrons. The third-order valence-corrected chi connectivity index (χ3v) is 5.06. The fraction of sp³-hybridized carbons (Fsp3) is 0.364. The summed E-state index contributed by atoms with van der Waals surface area (Å²) in [6.07, 6.45) is 11.1. The van der Waals surface area contributed by atoms with Crippen LogP contribution in [0.3, 0.4) is 0 Å². The number of hydrogen-bond donors (Lipinski definition) is 0. The summed E-state index contributed by atoms with van der Waals surface area (Å²) >= 11 is 0. The van der Waals surface area contributed by atoms with E-state index in [9.17, 15) is 0 Å². The largest absolute Gasteiger partial charge is 0.297 e. The van der Waals surface area contributed by atoms with Gasteiger partial charge in [-0.25, -0.2) is 0 Å². The lowest BCUT2D eigenvalue weighted by Crippen LogP contribution is -2.43. The van der Waals surface area contributed by atoms with E-state index in [-0.39, 0.29) is 0 Å². The molecule has 2 aromatic rings. The molecular formula is C22H27N. The van der Waals surface area contributed by atoms with E-state index < -0.39 is 0 Å². The van der Waals surface area contributed by atoms with E-state index >= 15 is 0 Å². The monoisotopic (exact) mass is 305 g/mol. The Kier molecular flexibility index (Phi) is 5.65. The number of aryl methyl sites for hydroxylation is 1. The first-order valence-electron chi connectivity index (χ1n) is 8.82. The molecule has 1 heterocycles. The molecule has 2 atom stereocenters. The SMILES string of the molecule is CN1[C@@H](CCc2ccccc2)CCC[C@H]1/C=C/c1ccccc1. The summed E-state index contributed by atoms with van der Waals surface area (Å²) in [5.41, 5.74) is 2.76. The van der Waals surface area contributed by atoms with Crippen molar-refractivity contribution in [3.63, 3.8) is 0 Å². The Morgan fingerprint density at radius 1 is 0.957 bits per heavy atom. The number of rotatable bonds is 5. The van der Waals surface area contributed by atoms with E-state index in [1.165, 1.54) is 43.2 Å². The Morgan fingerprint density at radius 3 is 2.39 bits per heavy atom. The van der Waals surface area contributed by atoms with Crippen molar-refractivity contribution in [3.8, 4) is 0 Å². The first-order valence-corrected chi connectivity index (χ1v) is 8.82. The normalized spacial score (nSPS) is 22.5. The molecule has 0 saturated carbocycles. The summed E-state index contributed by atoms with van der Waals surface area (Å²) in [5, 5.41) is 0.